The van der Waals surface area contributed by atoms with Crippen molar-refractivity contribution in [3.63, 3.8) is 0 Å². The summed E-state index contributed by atoms with van der Waals surface area (Å²) in [4.78, 5) is 23.2. The number of anilines is 1. The van der Waals surface area contributed by atoms with Crippen molar-refractivity contribution in [3.8, 4) is 0 Å². The highest BCUT2D eigenvalue weighted by molar-refractivity contribution is 5.96. The van der Waals surface area contributed by atoms with Gasteiger partial charge >= 0.3 is 0 Å². The molecule has 6 heteroatoms. The Bertz CT molecular complexity index is 443. The van der Waals surface area contributed by atoms with Crippen molar-refractivity contribution in [2.45, 2.75) is 18.9 Å². The van der Waals surface area contributed by atoms with Crippen LogP contribution in [0.15, 0.2) is 24.3 Å². The summed E-state index contributed by atoms with van der Waals surface area (Å²) in [6, 6.07) is 5.56. The van der Waals surface area contributed by atoms with Crippen molar-refractivity contribution in [2.75, 3.05) is 11.5 Å². The van der Waals surface area contributed by atoms with E-state index in [4.69, 9.17) is 5.11 Å². The molecule has 1 N–H and O–H groups in total. The third-order valence-electron chi connectivity index (χ3n) is 2.87. The van der Waals surface area contributed by atoms with E-state index in [-0.39, 0.29) is 24.2 Å². The Kier molecular flexibility index (Phi) is 3.06. The number of benzene rings is 1. The molecular formula is C11H12N2O4. The zero-order chi connectivity index (χ0) is 12.4. The van der Waals surface area contributed by atoms with Crippen molar-refractivity contribution in [2.24, 2.45) is 0 Å². The number of nitro benzene ring substituents is 1. The van der Waals surface area contributed by atoms with Crippen LogP contribution in [-0.4, -0.2) is 28.6 Å². The fourth-order valence-corrected chi connectivity index (χ4v) is 2.01. The Labute approximate surface area is 97.6 Å². The first kappa shape index (κ1) is 11.5. The van der Waals surface area contributed by atoms with Gasteiger partial charge in [0.1, 0.15) is 0 Å². The normalized spacial score (nSPS) is 19.7. The number of hydrogen-bond donors (Lipinski definition) is 1. The van der Waals surface area contributed by atoms with Crippen LogP contribution in [0.2, 0.25) is 0 Å². The second kappa shape index (κ2) is 4.50. The Morgan fingerprint density at radius 3 is 2.59 bits per heavy atom. The van der Waals surface area contributed by atoms with E-state index < -0.39 is 4.92 Å². The Morgan fingerprint density at radius 2 is 2.06 bits per heavy atom. The Morgan fingerprint density at radius 1 is 1.41 bits per heavy atom. The molecule has 17 heavy (non-hydrogen) atoms. The number of nitrogens with zero attached hydrogens (tertiary/aromatic N) is 2. The van der Waals surface area contributed by atoms with E-state index in [1.165, 1.54) is 29.2 Å². The van der Waals surface area contributed by atoms with Crippen LogP contribution in [0.3, 0.4) is 0 Å². The molecule has 1 aromatic carbocycles. The van der Waals surface area contributed by atoms with Gasteiger partial charge in [-0.25, -0.2) is 0 Å². The van der Waals surface area contributed by atoms with Gasteiger partial charge in [0, 0.05) is 24.2 Å². The maximum absolute atomic E-state index is 11.6. The molecule has 2 rings (SSSR count). The summed E-state index contributed by atoms with van der Waals surface area (Å²) in [7, 11) is 0. The van der Waals surface area contributed by atoms with Crippen LogP contribution in [0.5, 0.6) is 0 Å². The molecule has 1 aromatic rings. The van der Waals surface area contributed by atoms with E-state index in [1.54, 1.807) is 0 Å². The number of carbonyl (C=O) groups is 1. The van der Waals surface area contributed by atoms with Gasteiger partial charge in [-0.05, 0) is 18.6 Å². The van der Waals surface area contributed by atoms with Crippen LogP contribution < -0.4 is 4.90 Å². The molecule has 1 fully saturated rings. The predicted molar refractivity (Wildman–Crippen MR) is 60.7 cm³/mol. The van der Waals surface area contributed by atoms with Gasteiger partial charge in [0.25, 0.3) is 5.69 Å². The van der Waals surface area contributed by atoms with Gasteiger partial charge in [-0.15, -0.1) is 0 Å². The highest BCUT2D eigenvalue weighted by Crippen LogP contribution is 2.27. The summed E-state index contributed by atoms with van der Waals surface area (Å²) >= 11 is 0. The molecule has 0 spiro atoms. The molecule has 1 amide bonds. The second-order valence-electron chi connectivity index (χ2n) is 3.91. The van der Waals surface area contributed by atoms with Crippen LogP contribution in [-0.2, 0) is 4.79 Å². The first-order valence-corrected chi connectivity index (χ1v) is 5.31. The number of amides is 1. The number of non-ortho nitro benzene ring substituents is 1. The van der Waals surface area contributed by atoms with Crippen molar-refractivity contribution >= 4 is 17.3 Å². The third-order valence-corrected chi connectivity index (χ3v) is 2.87. The molecule has 0 aromatic heterocycles. The van der Waals surface area contributed by atoms with Gasteiger partial charge in [-0.3, -0.25) is 14.9 Å². The predicted octanol–water partition coefficient (Wildman–Crippen LogP) is 1.08. The minimum atomic E-state index is -0.487. The minimum Gasteiger partial charge on any atom is -0.394 e. The summed E-state index contributed by atoms with van der Waals surface area (Å²) in [5, 5.41) is 19.7. The van der Waals surface area contributed by atoms with E-state index in [0.29, 0.717) is 18.5 Å². The Hall–Kier alpha value is -1.95. The summed E-state index contributed by atoms with van der Waals surface area (Å²) in [5.41, 5.74) is 0.582. The molecule has 1 atom stereocenters. The highest BCUT2D eigenvalue weighted by atomic mass is 16.6. The first-order chi connectivity index (χ1) is 8.13. The largest absolute Gasteiger partial charge is 0.394 e. The molecule has 1 aliphatic heterocycles. The molecule has 1 heterocycles. The zero-order valence-corrected chi connectivity index (χ0v) is 9.07. The standard InChI is InChI=1S/C11H12N2O4/c14-7-10-5-6-11(15)12(10)8-1-3-9(4-2-8)13(16)17/h1-4,10,14H,5-7H2. The molecule has 1 saturated heterocycles. The number of rotatable bonds is 3. The molecular weight excluding hydrogens is 224 g/mol. The molecule has 0 aliphatic carbocycles. The van der Waals surface area contributed by atoms with Crippen molar-refractivity contribution < 1.29 is 14.8 Å². The van der Waals surface area contributed by atoms with E-state index in [1.807, 2.05) is 0 Å². The maximum atomic E-state index is 11.6. The van der Waals surface area contributed by atoms with Gasteiger partial charge in [0.15, 0.2) is 0 Å². The quantitative estimate of drug-likeness (QED) is 0.628. The summed E-state index contributed by atoms with van der Waals surface area (Å²) in [6.45, 7) is -0.0945. The third kappa shape index (κ3) is 2.12. The number of hydrogen-bond acceptors (Lipinski definition) is 4. The molecule has 0 saturated carbocycles. The van der Waals surface area contributed by atoms with Gasteiger partial charge in [0.2, 0.25) is 5.91 Å². The fourth-order valence-electron chi connectivity index (χ4n) is 2.01. The number of aliphatic hydroxyl groups is 1. The van der Waals surface area contributed by atoms with Gasteiger partial charge < -0.3 is 10.0 Å². The maximum Gasteiger partial charge on any atom is 0.269 e. The highest BCUT2D eigenvalue weighted by Gasteiger charge is 2.31. The van der Waals surface area contributed by atoms with E-state index >= 15 is 0 Å². The second-order valence-corrected chi connectivity index (χ2v) is 3.91. The molecule has 90 valence electrons. The van der Waals surface area contributed by atoms with Gasteiger partial charge in [0.05, 0.1) is 17.6 Å². The lowest BCUT2D eigenvalue weighted by Gasteiger charge is -2.22. The Balaban J connectivity index is 2.27. The number of aliphatic hydroxyl groups excluding tert-OH is 1. The van der Waals surface area contributed by atoms with Crippen molar-refractivity contribution in [1.29, 1.82) is 0 Å². The van der Waals surface area contributed by atoms with E-state index in [2.05, 4.69) is 0 Å². The van der Waals surface area contributed by atoms with Crippen LogP contribution >= 0.6 is 0 Å². The lowest BCUT2D eigenvalue weighted by Crippen LogP contribution is -2.35. The lowest BCUT2D eigenvalue weighted by atomic mass is 10.2. The van der Waals surface area contributed by atoms with Gasteiger partial charge in [-0.2, -0.15) is 0 Å². The summed E-state index contributed by atoms with van der Waals surface area (Å²) in [5.74, 6) is -0.0575. The van der Waals surface area contributed by atoms with Crippen LogP contribution in [0.1, 0.15) is 12.8 Å². The lowest BCUT2D eigenvalue weighted by molar-refractivity contribution is -0.384. The zero-order valence-electron chi connectivity index (χ0n) is 9.07. The SMILES string of the molecule is O=C1CCC(CO)N1c1ccc([N+](=O)[O-])cc1. The number of nitro groups is 1. The topological polar surface area (TPSA) is 83.7 Å². The molecule has 6 nitrogen and oxygen atoms in total. The van der Waals surface area contributed by atoms with E-state index in [0.717, 1.165) is 0 Å². The fraction of sp³-hybridized carbons (Fsp3) is 0.364. The van der Waals surface area contributed by atoms with Crippen molar-refractivity contribution in [1.82, 2.24) is 0 Å². The summed E-state index contributed by atoms with van der Waals surface area (Å²) in [6.07, 6.45) is 1.02. The smallest absolute Gasteiger partial charge is 0.269 e. The van der Waals surface area contributed by atoms with Crippen LogP contribution in [0.4, 0.5) is 11.4 Å². The summed E-state index contributed by atoms with van der Waals surface area (Å²) < 4.78 is 0. The van der Waals surface area contributed by atoms with Crippen molar-refractivity contribution in [3.05, 3.63) is 34.4 Å². The average Bonchev–Trinajstić information content (AvgIpc) is 2.70. The van der Waals surface area contributed by atoms with Crippen LogP contribution in [0.25, 0.3) is 0 Å². The molecule has 0 radical (unpaired) electrons. The van der Waals surface area contributed by atoms with Crippen LogP contribution in [0, 0.1) is 10.1 Å². The van der Waals surface area contributed by atoms with Gasteiger partial charge in [-0.1, -0.05) is 0 Å². The molecule has 1 unspecified atom stereocenters. The average molecular weight is 236 g/mol. The number of carbonyl (C=O) groups excluding carboxylic acids is 1. The monoisotopic (exact) mass is 236 g/mol. The first-order valence-electron chi connectivity index (χ1n) is 5.31. The molecule has 1 aliphatic rings. The minimum absolute atomic E-state index is 0.0130. The van der Waals surface area contributed by atoms with E-state index in [9.17, 15) is 14.9 Å². The molecule has 0 bridgehead atoms.